The molecule has 0 atom stereocenters. The molecule has 0 radical (unpaired) electrons. The van der Waals surface area contributed by atoms with Crippen molar-refractivity contribution in [1.82, 2.24) is 9.66 Å². The van der Waals surface area contributed by atoms with Crippen molar-refractivity contribution < 1.29 is 9.18 Å². The summed E-state index contributed by atoms with van der Waals surface area (Å²) in [5.74, 6) is -0.953. The maximum Gasteiger partial charge on any atom is 0.280 e. The monoisotopic (exact) mass is 283 g/mol. The molecule has 0 saturated carbocycles. The summed E-state index contributed by atoms with van der Waals surface area (Å²) < 4.78 is 13.8. The van der Waals surface area contributed by atoms with Gasteiger partial charge in [0.1, 0.15) is 12.1 Å². The third-order valence-corrected chi connectivity index (χ3v) is 2.99. The fourth-order valence-corrected chi connectivity index (χ4v) is 1.92. The van der Waals surface area contributed by atoms with Gasteiger partial charge in [0.05, 0.1) is 10.9 Å². The van der Waals surface area contributed by atoms with Crippen LogP contribution in [-0.4, -0.2) is 15.6 Å². The van der Waals surface area contributed by atoms with Gasteiger partial charge in [-0.3, -0.25) is 15.0 Å². The Morgan fingerprint density at radius 3 is 2.57 bits per heavy atom. The topological polar surface area (TPSA) is 64.0 Å². The van der Waals surface area contributed by atoms with Gasteiger partial charge in [-0.25, -0.2) is 14.1 Å². The van der Waals surface area contributed by atoms with Crippen LogP contribution >= 0.6 is 0 Å². The molecular formula is C15H10FN3O2. The van der Waals surface area contributed by atoms with Crippen LogP contribution in [0.5, 0.6) is 0 Å². The predicted molar refractivity (Wildman–Crippen MR) is 76.1 cm³/mol. The summed E-state index contributed by atoms with van der Waals surface area (Å²) in [7, 11) is 0. The van der Waals surface area contributed by atoms with Gasteiger partial charge in [0.15, 0.2) is 0 Å². The number of halogens is 1. The zero-order chi connectivity index (χ0) is 14.8. The SMILES string of the molecule is O=C(Nn1cnc2ccccc2c1=O)c1ccc(F)cc1. The van der Waals surface area contributed by atoms with E-state index in [1.165, 1.54) is 30.6 Å². The summed E-state index contributed by atoms with van der Waals surface area (Å²) in [4.78, 5) is 28.3. The minimum atomic E-state index is -0.519. The Morgan fingerprint density at radius 1 is 1.10 bits per heavy atom. The smallest absolute Gasteiger partial charge is 0.267 e. The van der Waals surface area contributed by atoms with Gasteiger partial charge in [0, 0.05) is 5.56 Å². The van der Waals surface area contributed by atoms with Crippen molar-refractivity contribution in [3.05, 3.63) is 76.6 Å². The van der Waals surface area contributed by atoms with Crippen LogP contribution in [0.3, 0.4) is 0 Å². The van der Waals surface area contributed by atoms with Gasteiger partial charge in [0.25, 0.3) is 11.5 Å². The summed E-state index contributed by atoms with van der Waals surface area (Å²) >= 11 is 0. The standard InChI is InChI=1S/C15H10FN3O2/c16-11-7-5-10(6-8-11)14(20)18-19-9-17-13-4-2-1-3-12(13)15(19)21/h1-9H,(H,18,20). The van der Waals surface area contributed by atoms with Gasteiger partial charge < -0.3 is 0 Å². The number of hydrogen-bond donors (Lipinski definition) is 1. The van der Waals surface area contributed by atoms with E-state index in [4.69, 9.17) is 0 Å². The van der Waals surface area contributed by atoms with Crippen LogP contribution in [0.15, 0.2) is 59.7 Å². The van der Waals surface area contributed by atoms with E-state index >= 15 is 0 Å². The van der Waals surface area contributed by atoms with Crippen molar-refractivity contribution >= 4 is 16.8 Å². The fourth-order valence-electron chi connectivity index (χ4n) is 1.92. The Kier molecular flexibility index (Phi) is 3.19. The van der Waals surface area contributed by atoms with E-state index in [0.29, 0.717) is 10.9 Å². The lowest BCUT2D eigenvalue weighted by atomic mass is 10.2. The molecule has 0 fully saturated rings. The second-order valence-electron chi connectivity index (χ2n) is 4.38. The first-order valence-electron chi connectivity index (χ1n) is 6.18. The maximum absolute atomic E-state index is 12.8. The van der Waals surface area contributed by atoms with Gasteiger partial charge in [-0.1, -0.05) is 12.1 Å². The molecule has 2 aromatic carbocycles. The van der Waals surface area contributed by atoms with Crippen LogP contribution in [0.25, 0.3) is 10.9 Å². The summed E-state index contributed by atoms with van der Waals surface area (Å²) in [6, 6.07) is 11.9. The zero-order valence-electron chi connectivity index (χ0n) is 10.8. The highest BCUT2D eigenvalue weighted by Crippen LogP contribution is 2.05. The van der Waals surface area contributed by atoms with Crippen LogP contribution in [0.4, 0.5) is 4.39 Å². The normalized spacial score (nSPS) is 10.5. The molecule has 0 spiro atoms. The number of fused-ring (bicyclic) bond motifs is 1. The van der Waals surface area contributed by atoms with Crippen LogP contribution in [0.2, 0.25) is 0 Å². The number of nitrogens with one attached hydrogen (secondary N) is 1. The van der Waals surface area contributed by atoms with Gasteiger partial charge in [-0.15, -0.1) is 0 Å². The second-order valence-corrected chi connectivity index (χ2v) is 4.38. The number of hydrogen-bond acceptors (Lipinski definition) is 3. The van der Waals surface area contributed by atoms with Crippen molar-refractivity contribution in [3.63, 3.8) is 0 Å². The Morgan fingerprint density at radius 2 is 1.81 bits per heavy atom. The zero-order valence-corrected chi connectivity index (χ0v) is 10.8. The number of carbonyl (C=O) groups excluding carboxylic acids is 1. The van der Waals surface area contributed by atoms with Crippen LogP contribution in [0, 0.1) is 5.82 Å². The molecule has 5 nitrogen and oxygen atoms in total. The number of aromatic nitrogens is 2. The third-order valence-electron chi connectivity index (χ3n) is 2.99. The predicted octanol–water partition coefficient (Wildman–Crippen LogP) is 1.92. The van der Waals surface area contributed by atoms with Crippen molar-refractivity contribution in [2.75, 3.05) is 5.43 Å². The first-order valence-corrected chi connectivity index (χ1v) is 6.18. The lowest BCUT2D eigenvalue weighted by Crippen LogP contribution is -2.33. The molecule has 0 saturated heterocycles. The van der Waals surface area contributed by atoms with Crippen LogP contribution in [-0.2, 0) is 0 Å². The van der Waals surface area contributed by atoms with E-state index < -0.39 is 11.7 Å². The highest BCUT2D eigenvalue weighted by atomic mass is 19.1. The molecule has 3 rings (SSSR count). The Labute approximate surface area is 118 Å². The van der Waals surface area contributed by atoms with E-state index in [0.717, 1.165) is 4.68 Å². The number of rotatable bonds is 2. The highest BCUT2D eigenvalue weighted by Gasteiger charge is 2.09. The molecule has 3 aromatic rings. The van der Waals surface area contributed by atoms with Crippen molar-refractivity contribution in [1.29, 1.82) is 0 Å². The van der Waals surface area contributed by atoms with Crippen molar-refractivity contribution in [3.8, 4) is 0 Å². The van der Waals surface area contributed by atoms with Crippen LogP contribution < -0.4 is 11.0 Å². The summed E-state index contributed by atoms with van der Waals surface area (Å²) in [5, 5.41) is 0.402. The van der Waals surface area contributed by atoms with Gasteiger partial charge in [-0.05, 0) is 36.4 Å². The molecule has 0 bridgehead atoms. The molecule has 1 heterocycles. The van der Waals surface area contributed by atoms with E-state index in [9.17, 15) is 14.0 Å². The van der Waals surface area contributed by atoms with E-state index in [-0.39, 0.29) is 11.1 Å². The molecule has 1 aromatic heterocycles. The molecule has 0 aliphatic rings. The molecular weight excluding hydrogens is 273 g/mol. The highest BCUT2D eigenvalue weighted by molar-refractivity contribution is 6.00. The summed E-state index contributed by atoms with van der Waals surface area (Å²) in [5.41, 5.74) is 2.84. The number of amides is 1. The molecule has 21 heavy (non-hydrogen) atoms. The molecule has 0 aliphatic carbocycles. The van der Waals surface area contributed by atoms with Gasteiger partial charge >= 0.3 is 0 Å². The molecule has 104 valence electrons. The van der Waals surface area contributed by atoms with E-state index in [1.54, 1.807) is 24.3 Å². The Balaban J connectivity index is 1.95. The minimum Gasteiger partial charge on any atom is -0.267 e. The summed E-state index contributed by atoms with van der Waals surface area (Å²) in [6.07, 6.45) is 1.24. The maximum atomic E-state index is 12.8. The summed E-state index contributed by atoms with van der Waals surface area (Å²) in [6.45, 7) is 0. The Hall–Kier alpha value is -3.02. The van der Waals surface area contributed by atoms with Gasteiger partial charge in [-0.2, -0.15) is 0 Å². The average molecular weight is 283 g/mol. The second kappa shape index (κ2) is 5.16. The first kappa shape index (κ1) is 13.0. The number of carbonyl (C=O) groups is 1. The van der Waals surface area contributed by atoms with Crippen LogP contribution in [0.1, 0.15) is 10.4 Å². The molecule has 1 amide bonds. The number of para-hydroxylation sites is 1. The van der Waals surface area contributed by atoms with E-state index in [1.807, 2.05) is 0 Å². The Bertz CT molecular complexity index is 872. The van der Waals surface area contributed by atoms with Crippen molar-refractivity contribution in [2.24, 2.45) is 0 Å². The average Bonchev–Trinajstić information content (AvgIpc) is 2.51. The number of nitrogens with zero attached hydrogens (tertiary/aromatic N) is 2. The van der Waals surface area contributed by atoms with E-state index in [2.05, 4.69) is 10.4 Å². The van der Waals surface area contributed by atoms with Gasteiger partial charge in [0.2, 0.25) is 0 Å². The quantitative estimate of drug-likeness (QED) is 0.781. The first-order chi connectivity index (χ1) is 10.1. The largest absolute Gasteiger partial charge is 0.280 e. The molecule has 1 N–H and O–H groups in total. The molecule has 6 heteroatoms. The lowest BCUT2D eigenvalue weighted by Gasteiger charge is -2.08. The lowest BCUT2D eigenvalue weighted by molar-refractivity contribution is 0.101. The molecule has 0 unspecified atom stereocenters. The minimum absolute atomic E-state index is 0.247. The fraction of sp³-hybridized carbons (Fsp3) is 0. The van der Waals surface area contributed by atoms with Crippen molar-refractivity contribution in [2.45, 2.75) is 0 Å². The third kappa shape index (κ3) is 2.51. The molecule has 0 aliphatic heterocycles. The number of benzene rings is 2.